The number of ketones is 1. The van der Waals surface area contributed by atoms with Gasteiger partial charge in [-0.05, 0) is 73.0 Å². The molecule has 0 spiro atoms. The van der Waals surface area contributed by atoms with Gasteiger partial charge in [0.25, 0.3) is 5.78 Å². The second-order valence-corrected chi connectivity index (χ2v) is 10.5. The van der Waals surface area contributed by atoms with Gasteiger partial charge in [0.15, 0.2) is 16.6 Å². The van der Waals surface area contributed by atoms with Gasteiger partial charge in [-0.1, -0.05) is 23.5 Å². The zero-order valence-corrected chi connectivity index (χ0v) is 21.7. The average Bonchev–Trinajstić information content (AvgIpc) is 3.56. The molecule has 2 aliphatic heterocycles. The number of amides is 1. The molecule has 4 aromatic rings. The van der Waals surface area contributed by atoms with Gasteiger partial charge in [-0.25, -0.2) is 4.98 Å². The van der Waals surface area contributed by atoms with Crippen LogP contribution in [0.1, 0.15) is 35.2 Å². The number of rotatable bonds is 4. The maximum Gasteiger partial charge on any atom is 0.301 e. The fourth-order valence-electron chi connectivity index (χ4n) is 5.06. The quantitative estimate of drug-likeness (QED) is 0.211. The van der Waals surface area contributed by atoms with E-state index < -0.39 is 17.7 Å². The van der Waals surface area contributed by atoms with Gasteiger partial charge in [-0.2, -0.15) is 0 Å². The van der Waals surface area contributed by atoms with Crippen LogP contribution in [0.15, 0.2) is 60.2 Å². The zero-order chi connectivity index (χ0) is 26.7. The number of benzene rings is 3. The number of nitrogens with zero attached hydrogens (tertiary/aromatic N) is 2. The molecule has 9 heteroatoms. The number of aromatic hydroxyl groups is 1. The predicted octanol–water partition coefficient (Wildman–Crippen LogP) is 5.27. The summed E-state index contributed by atoms with van der Waals surface area (Å²) >= 11 is 1.29. The van der Waals surface area contributed by atoms with Crippen LogP contribution in [-0.4, -0.2) is 40.1 Å². The summed E-state index contributed by atoms with van der Waals surface area (Å²) in [6.45, 7) is 3.93. The lowest BCUT2D eigenvalue weighted by molar-refractivity contribution is -0.132. The number of thiazole rings is 1. The summed E-state index contributed by atoms with van der Waals surface area (Å²) in [6.07, 6.45) is 0.689. The first-order chi connectivity index (χ1) is 18.2. The molecule has 0 aliphatic carbocycles. The molecule has 0 saturated carbocycles. The molecule has 0 bridgehead atoms. The largest absolute Gasteiger partial charge is 0.507 e. The third-order valence-electron chi connectivity index (χ3n) is 6.87. The summed E-state index contributed by atoms with van der Waals surface area (Å²) in [5, 5.41) is 22.0. The lowest BCUT2D eigenvalue weighted by atomic mass is 9.94. The zero-order valence-electron chi connectivity index (χ0n) is 20.9. The number of carbonyl (C=O) groups is 2. The Morgan fingerprint density at radius 1 is 1.13 bits per heavy atom. The molecule has 2 aliphatic rings. The molecule has 0 unspecified atom stereocenters. The number of Topliss-reactive ketones (excluding diaryl/α,β-unsaturated/α-hetero) is 1. The maximum absolute atomic E-state index is 13.5. The second-order valence-electron chi connectivity index (χ2n) is 9.52. The normalized spacial score (nSPS) is 20.1. The summed E-state index contributed by atoms with van der Waals surface area (Å²) in [4.78, 5) is 33.0. The van der Waals surface area contributed by atoms with E-state index in [1.54, 1.807) is 30.3 Å². The molecule has 192 valence electrons. The number of hydrogen-bond donors (Lipinski definition) is 2. The minimum absolute atomic E-state index is 0.0140. The van der Waals surface area contributed by atoms with E-state index in [-0.39, 0.29) is 28.9 Å². The standard InChI is InChI=1S/C29H24N2O6S/c1-14-4-7-19-23(10-14)38-29(30-19)31-25(16-5-8-20(32)22(13-16)36-3)24(27(34)28(31)35)26(33)17-6-9-21-18(12-17)11-15(2)37-21/h4-10,12-13,15,25,32-33H,11H2,1-3H3/b26-24+/t15-,25+/m1/s1. The third-order valence-corrected chi connectivity index (χ3v) is 7.89. The Balaban J connectivity index is 1.55. The van der Waals surface area contributed by atoms with Crippen molar-refractivity contribution in [2.75, 3.05) is 12.0 Å². The molecule has 2 atom stereocenters. The van der Waals surface area contributed by atoms with Gasteiger partial charge in [-0.3, -0.25) is 14.5 Å². The summed E-state index contributed by atoms with van der Waals surface area (Å²) in [5.74, 6) is -1.08. The van der Waals surface area contributed by atoms with E-state index in [1.807, 2.05) is 32.0 Å². The molecular weight excluding hydrogens is 504 g/mol. The van der Waals surface area contributed by atoms with E-state index >= 15 is 0 Å². The highest BCUT2D eigenvalue weighted by Gasteiger charge is 2.48. The SMILES string of the molecule is COc1cc([C@H]2/C(=C(\O)c3ccc4c(c3)C[C@@H](C)O4)C(=O)C(=O)N2c2nc3ccc(C)cc3s2)ccc1O. The average molecular weight is 529 g/mol. The number of phenolic OH excluding ortho intramolecular Hbond substituents is 1. The van der Waals surface area contributed by atoms with Crippen molar-refractivity contribution in [1.82, 2.24) is 4.98 Å². The lowest BCUT2D eigenvalue weighted by Crippen LogP contribution is -2.29. The first-order valence-corrected chi connectivity index (χ1v) is 12.9. The molecule has 2 N–H and O–H groups in total. The molecule has 1 fully saturated rings. The Labute approximate surface area is 222 Å². The molecule has 1 aromatic heterocycles. The monoisotopic (exact) mass is 528 g/mol. The summed E-state index contributed by atoms with van der Waals surface area (Å²) < 4.78 is 11.9. The Morgan fingerprint density at radius 3 is 2.74 bits per heavy atom. The number of hydrogen-bond acceptors (Lipinski definition) is 8. The highest BCUT2D eigenvalue weighted by molar-refractivity contribution is 7.22. The van der Waals surface area contributed by atoms with Crippen LogP contribution >= 0.6 is 11.3 Å². The number of carbonyl (C=O) groups excluding carboxylic acids is 2. The minimum Gasteiger partial charge on any atom is -0.507 e. The molecule has 3 heterocycles. The van der Waals surface area contributed by atoms with Crippen molar-refractivity contribution in [3.63, 3.8) is 0 Å². The molecular formula is C29H24N2O6S. The molecule has 1 saturated heterocycles. The molecule has 0 radical (unpaired) electrons. The molecule has 38 heavy (non-hydrogen) atoms. The topological polar surface area (TPSA) is 109 Å². The number of fused-ring (bicyclic) bond motifs is 2. The van der Waals surface area contributed by atoms with Crippen molar-refractivity contribution in [2.24, 2.45) is 0 Å². The van der Waals surface area contributed by atoms with Crippen molar-refractivity contribution >= 4 is 44.1 Å². The van der Waals surface area contributed by atoms with Crippen molar-refractivity contribution in [3.05, 3.63) is 82.4 Å². The number of phenols is 1. The van der Waals surface area contributed by atoms with Gasteiger partial charge >= 0.3 is 5.91 Å². The fourth-order valence-corrected chi connectivity index (χ4v) is 6.15. The van der Waals surface area contributed by atoms with E-state index in [1.165, 1.54) is 29.4 Å². The van der Waals surface area contributed by atoms with Gasteiger partial charge in [0, 0.05) is 12.0 Å². The van der Waals surface area contributed by atoms with Crippen LogP contribution in [0.3, 0.4) is 0 Å². The Kier molecular flexibility index (Phi) is 5.61. The van der Waals surface area contributed by atoms with Gasteiger partial charge in [-0.15, -0.1) is 0 Å². The number of methoxy groups -OCH3 is 1. The van der Waals surface area contributed by atoms with Gasteiger partial charge in [0.05, 0.1) is 28.9 Å². The van der Waals surface area contributed by atoms with Gasteiger partial charge in [0.1, 0.15) is 17.6 Å². The Bertz CT molecular complexity index is 1670. The van der Waals surface area contributed by atoms with Gasteiger partial charge < -0.3 is 19.7 Å². The van der Waals surface area contributed by atoms with Crippen LogP contribution in [-0.2, 0) is 16.0 Å². The predicted molar refractivity (Wildman–Crippen MR) is 144 cm³/mol. The van der Waals surface area contributed by atoms with Gasteiger partial charge in [0.2, 0.25) is 0 Å². The van der Waals surface area contributed by atoms with E-state index in [2.05, 4.69) is 4.98 Å². The van der Waals surface area contributed by atoms with Crippen molar-refractivity contribution in [3.8, 4) is 17.2 Å². The number of aliphatic hydroxyl groups excluding tert-OH is 1. The molecule has 1 amide bonds. The van der Waals surface area contributed by atoms with Crippen molar-refractivity contribution in [1.29, 1.82) is 0 Å². The fraction of sp³-hybridized carbons (Fsp3) is 0.207. The summed E-state index contributed by atoms with van der Waals surface area (Å²) in [5.41, 5.74) is 3.49. The first-order valence-electron chi connectivity index (χ1n) is 12.1. The highest BCUT2D eigenvalue weighted by Crippen LogP contribution is 2.46. The number of aromatic nitrogens is 1. The van der Waals surface area contributed by atoms with E-state index in [0.717, 1.165) is 21.6 Å². The second kappa shape index (κ2) is 8.88. The molecule has 8 nitrogen and oxygen atoms in total. The van der Waals surface area contributed by atoms with Crippen LogP contribution in [0.25, 0.3) is 16.0 Å². The summed E-state index contributed by atoms with van der Waals surface area (Å²) in [7, 11) is 1.42. The first kappa shape index (κ1) is 24.0. The van der Waals surface area contributed by atoms with Crippen molar-refractivity contribution < 1.29 is 29.3 Å². The van der Waals surface area contributed by atoms with Crippen LogP contribution < -0.4 is 14.4 Å². The van der Waals surface area contributed by atoms with Crippen LogP contribution in [0.4, 0.5) is 5.13 Å². The highest BCUT2D eigenvalue weighted by atomic mass is 32.1. The number of ether oxygens (including phenoxy) is 2. The number of anilines is 1. The molecule has 6 rings (SSSR count). The molecule has 3 aromatic carbocycles. The van der Waals surface area contributed by atoms with Crippen molar-refractivity contribution in [2.45, 2.75) is 32.4 Å². The van der Waals surface area contributed by atoms with E-state index in [4.69, 9.17) is 9.47 Å². The number of aliphatic hydroxyl groups is 1. The Hall–Kier alpha value is -4.37. The summed E-state index contributed by atoms with van der Waals surface area (Å²) in [6, 6.07) is 14.6. The van der Waals surface area contributed by atoms with E-state index in [0.29, 0.717) is 28.2 Å². The smallest absolute Gasteiger partial charge is 0.301 e. The Morgan fingerprint density at radius 2 is 1.95 bits per heavy atom. The van der Waals surface area contributed by atoms with Crippen LogP contribution in [0.5, 0.6) is 17.2 Å². The number of aryl methyl sites for hydroxylation is 1. The lowest BCUT2D eigenvalue weighted by Gasteiger charge is -2.23. The minimum atomic E-state index is -0.991. The van der Waals surface area contributed by atoms with E-state index in [9.17, 15) is 19.8 Å². The third kappa shape index (κ3) is 3.78. The van der Waals surface area contributed by atoms with Crippen LogP contribution in [0.2, 0.25) is 0 Å². The van der Waals surface area contributed by atoms with Crippen LogP contribution in [0, 0.1) is 6.92 Å². The maximum atomic E-state index is 13.5.